The normalized spacial score (nSPS) is 20.1. The molecule has 0 saturated carbocycles. The number of hydrogen-bond acceptors (Lipinski definition) is 4. The van der Waals surface area contributed by atoms with E-state index in [0.29, 0.717) is 11.3 Å². The number of rotatable bonds is 10. The van der Waals surface area contributed by atoms with E-state index >= 15 is 0 Å². The average Bonchev–Trinajstić information content (AvgIpc) is 2.81. The zero-order valence-corrected chi connectivity index (χ0v) is 14.2. The van der Waals surface area contributed by atoms with E-state index in [2.05, 4.69) is 10.6 Å². The number of ketones is 1. The molecule has 0 aromatic heterocycles. The molecule has 22 heavy (non-hydrogen) atoms. The summed E-state index contributed by atoms with van der Waals surface area (Å²) in [5.74, 6) is 1.59. The van der Waals surface area contributed by atoms with Crippen LogP contribution in [-0.4, -0.2) is 41.1 Å². The van der Waals surface area contributed by atoms with E-state index in [1.54, 1.807) is 30.8 Å². The quantitative estimate of drug-likeness (QED) is 0.425. The summed E-state index contributed by atoms with van der Waals surface area (Å²) in [6, 6.07) is -0.243. The summed E-state index contributed by atoms with van der Waals surface area (Å²) >= 11 is 1.65. The van der Waals surface area contributed by atoms with Gasteiger partial charge in [-0.3, -0.25) is 4.79 Å². The molecule has 124 valence electrons. The van der Waals surface area contributed by atoms with Gasteiger partial charge in [0.2, 0.25) is 0 Å². The van der Waals surface area contributed by atoms with Gasteiger partial charge >= 0.3 is 6.03 Å². The van der Waals surface area contributed by atoms with Crippen LogP contribution in [0.15, 0.2) is 23.4 Å². The van der Waals surface area contributed by atoms with Crippen LogP contribution in [0.1, 0.15) is 39.5 Å². The van der Waals surface area contributed by atoms with Crippen LogP contribution in [0.2, 0.25) is 0 Å². The van der Waals surface area contributed by atoms with Crippen LogP contribution >= 0.6 is 11.8 Å². The van der Waals surface area contributed by atoms with E-state index in [1.807, 2.05) is 6.92 Å². The van der Waals surface area contributed by atoms with Crippen LogP contribution in [0.5, 0.6) is 0 Å². The zero-order chi connectivity index (χ0) is 16.4. The Kier molecular flexibility index (Phi) is 8.92. The first kappa shape index (κ1) is 18.8. The number of aliphatic hydroxyl groups excluding tert-OH is 1. The number of amides is 2. The Morgan fingerprint density at radius 1 is 1.32 bits per heavy atom. The van der Waals surface area contributed by atoms with Gasteiger partial charge in [-0.25, -0.2) is 4.79 Å². The topological polar surface area (TPSA) is 78.4 Å². The van der Waals surface area contributed by atoms with E-state index in [-0.39, 0.29) is 24.5 Å². The summed E-state index contributed by atoms with van der Waals surface area (Å²) in [4.78, 5) is 23.1. The number of thioether (sulfide) groups is 1. The molecule has 1 rings (SSSR count). The first-order chi connectivity index (χ1) is 10.5. The first-order valence-electron chi connectivity index (χ1n) is 7.72. The van der Waals surface area contributed by atoms with Crippen molar-refractivity contribution in [1.29, 1.82) is 0 Å². The molecule has 1 aliphatic rings. The van der Waals surface area contributed by atoms with E-state index in [9.17, 15) is 9.59 Å². The van der Waals surface area contributed by atoms with Crippen molar-refractivity contribution in [3.05, 3.63) is 23.4 Å². The van der Waals surface area contributed by atoms with E-state index in [1.165, 1.54) is 0 Å². The van der Waals surface area contributed by atoms with Gasteiger partial charge in [0.05, 0.1) is 11.8 Å². The molecule has 1 unspecified atom stereocenters. The lowest BCUT2D eigenvalue weighted by Gasteiger charge is -2.03. The molecule has 1 atom stereocenters. The second-order valence-corrected chi connectivity index (χ2v) is 6.51. The molecule has 0 aromatic carbocycles. The fourth-order valence-electron chi connectivity index (χ4n) is 1.99. The highest BCUT2D eigenvalue weighted by Crippen LogP contribution is 2.11. The largest absolute Gasteiger partial charge is 0.396 e. The lowest BCUT2D eigenvalue weighted by Crippen LogP contribution is -2.23. The molecule has 1 saturated heterocycles. The Bertz CT molecular complexity index is 447. The third-order valence-electron chi connectivity index (χ3n) is 3.45. The number of Topliss-reactive ketones (excluding diaryl/α,β-unsaturated/α-hetero) is 1. The molecule has 5 nitrogen and oxygen atoms in total. The highest BCUT2D eigenvalue weighted by molar-refractivity contribution is 7.99. The molecule has 0 radical (unpaired) electrons. The molecule has 0 aliphatic carbocycles. The van der Waals surface area contributed by atoms with Crippen molar-refractivity contribution >= 4 is 23.6 Å². The predicted molar refractivity (Wildman–Crippen MR) is 90.9 cm³/mol. The number of carbonyl (C=O) groups excluding carboxylic acids is 2. The molecule has 1 heterocycles. The Morgan fingerprint density at radius 2 is 2.05 bits per heavy atom. The Hall–Kier alpha value is -1.27. The van der Waals surface area contributed by atoms with Crippen molar-refractivity contribution in [2.45, 2.75) is 45.6 Å². The van der Waals surface area contributed by atoms with Crippen molar-refractivity contribution in [3.63, 3.8) is 0 Å². The summed E-state index contributed by atoms with van der Waals surface area (Å²) < 4.78 is 0. The molecule has 1 aliphatic heterocycles. The van der Waals surface area contributed by atoms with E-state index < -0.39 is 0 Å². The summed E-state index contributed by atoms with van der Waals surface area (Å²) in [6.07, 6.45) is 7.66. The van der Waals surface area contributed by atoms with Crippen LogP contribution in [-0.2, 0) is 4.79 Å². The van der Waals surface area contributed by atoms with Gasteiger partial charge in [-0.2, -0.15) is 11.8 Å². The molecule has 1 fully saturated rings. The highest BCUT2D eigenvalue weighted by Gasteiger charge is 2.20. The molecular formula is C16H26N2O3S. The van der Waals surface area contributed by atoms with Gasteiger partial charge in [0.15, 0.2) is 5.78 Å². The number of nitrogens with one attached hydrogen (secondary N) is 2. The number of carbonyl (C=O) groups is 2. The van der Waals surface area contributed by atoms with Crippen molar-refractivity contribution in [2.24, 2.45) is 0 Å². The van der Waals surface area contributed by atoms with E-state index in [0.717, 1.165) is 37.1 Å². The fourth-order valence-corrected chi connectivity index (χ4v) is 2.96. The van der Waals surface area contributed by atoms with Crippen molar-refractivity contribution in [2.75, 3.05) is 18.1 Å². The van der Waals surface area contributed by atoms with Crippen LogP contribution < -0.4 is 10.6 Å². The van der Waals surface area contributed by atoms with Gasteiger partial charge in [0.1, 0.15) is 0 Å². The third-order valence-corrected chi connectivity index (χ3v) is 4.50. The first-order valence-corrected chi connectivity index (χ1v) is 8.88. The second-order valence-electron chi connectivity index (χ2n) is 5.41. The number of aliphatic hydroxyl groups is 1. The maximum Gasteiger partial charge on any atom is 0.319 e. The summed E-state index contributed by atoms with van der Waals surface area (Å²) in [5, 5.41) is 14.1. The average molecular weight is 326 g/mol. The van der Waals surface area contributed by atoms with Gasteiger partial charge < -0.3 is 15.7 Å². The summed E-state index contributed by atoms with van der Waals surface area (Å²) in [5.41, 5.74) is 1.49. The SMILES string of the molecule is C/C(=C\C=C1\NC(=O)NC1C)C(=O)CSCCCCCCO. The van der Waals surface area contributed by atoms with Crippen LogP contribution in [0, 0.1) is 0 Å². The molecule has 2 amide bonds. The van der Waals surface area contributed by atoms with Gasteiger partial charge in [-0.1, -0.05) is 18.9 Å². The predicted octanol–water partition coefficient (Wildman–Crippen LogP) is 2.37. The Morgan fingerprint density at radius 3 is 2.68 bits per heavy atom. The van der Waals surface area contributed by atoms with Crippen LogP contribution in [0.3, 0.4) is 0 Å². The van der Waals surface area contributed by atoms with Crippen LogP contribution in [0.25, 0.3) is 0 Å². The molecular weight excluding hydrogens is 300 g/mol. The molecule has 3 N–H and O–H groups in total. The lowest BCUT2D eigenvalue weighted by molar-refractivity contribution is -0.113. The minimum atomic E-state index is -0.201. The molecule has 0 aromatic rings. The number of hydrogen-bond donors (Lipinski definition) is 3. The smallest absolute Gasteiger partial charge is 0.319 e. The fraction of sp³-hybridized carbons (Fsp3) is 0.625. The van der Waals surface area contributed by atoms with Gasteiger partial charge in [-0.15, -0.1) is 0 Å². The van der Waals surface area contributed by atoms with Gasteiger partial charge in [-0.05, 0) is 44.1 Å². The highest BCUT2D eigenvalue weighted by atomic mass is 32.2. The molecule has 0 bridgehead atoms. The molecule has 6 heteroatoms. The van der Waals surface area contributed by atoms with Gasteiger partial charge in [0.25, 0.3) is 0 Å². The summed E-state index contributed by atoms with van der Waals surface area (Å²) in [6.45, 7) is 3.96. The zero-order valence-electron chi connectivity index (χ0n) is 13.4. The minimum Gasteiger partial charge on any atom is -0.396 e. The monoisotopic (exact) mass is 326 g/mol. The number of unbranched alkanes of at least 4 members (excludes halogenated alkanes) is 3. The minimum absolute atomic E-state index is 0.0417. The third kappa shape index (κ3) is 7.13. The Labute approximate surface area is 136 Å². The molecule has 0 spiro atoms. The Balaban J connectivity index is 2.25. The van der Waals surface area contributed by atoms with Crippen molar-refractivity contribution < 1.29 is 14.7 Å². The van der Waals surface area contributed by atoms with Crippen LogP contribution in [0.4, 0.5) is 4.79 Å². The maximum atomic E-state index is 12.0. The number of urea groups is 1. The van der Waals surface area contributed by atoms with Crippen molar-refractivity contribution in [3.8, 4) is 0 Å². The second kappa shape index (κ2) is 10.5. The summed E-state index contributed by atoms with van der Waals surface area (Å²) in [7, 11) is 0. The van der Waals surface area contributed by atoms with Crippen molar-refractivity contribution in [1.82, 2.24) is 10.6 Å². The van der Waals surface area contributed by atoms with E-state index in [4.69, 9.17) is 5.11 Å². The lowest BCUT2D eigenvalue weighted by atomic mass is 10.1. The standard InChI is InChI=1S/C16H26N2O3S/c1-12(7-8-14-13(2)17-16(21)18-14)15(20)11-22-10-6-4-3-5-9-19/h7-8,13,19H,3-6,9-11H2,1-2H3,(H2,17,18,21)/b12-7+,14-8+. The maximum absolute atomic E-state index is 12.0. The van der Waals surface area contributed by atoms with Gasteiger partial charge in [0, 0.05) is 12.3 Å². The number of allylic oxidation sites excluding steroid dienone is 3.